The van der Waals surface area contributed by atoms with Crippen LogP contribution in [0, 0.1) is 0 Å². The molecule has 1 fully saturated rings. The fraction of sp³-hybridized carbons (Fsp3) is 0.667. The summed E-state index contributed by atoms with van der Waals surface area (Å²) >= 11 is 0. The quantitative estimate of drug-likeness (QED) is 0.880. The van der Waals surface area contributed by atoms with Gasteiger partial charge in [0.25, 0.3) is 0 Å². The molecule has 2 heterocycles. The first-order valence-electron chi connectivity index (χ1n) is 7.36. The van der Waals surface area contributed by atoms with Gasteiger partial charge in [-0.2, -0.15) is 0 Å². The van der Waals surface area contributed by atoms with E-state index in [1.807, 2.05) is 0 Å². The summed E-state index contributed by atoms with van der Waals surface area (Å²) in [7, 11) is 0. The zero-order valence-electron chi connectivity index (χ0n) is 11.5. The minimum Gasteiger partial charge on any atom is -0.370 e. The third-order valence-electron chi connectivity index (χ3n) is 3.47. The summed E-state index contributed by atoms with van der Waals surface area (Å²) in [5.41, 5.74) is 0. The lowest BCUT2D eigenvalue weighted by atomic mass is 10.1. The summed E-state index contributed by atoms with van der Waals surface area (Å²) in [4.78, 5) is 7.16. The van der Waals surface area contributed by atoms with Crippen LogP contribution in [-0.4, -0.2) is 24.6 Å². The molecular formula is C15H25N3. The second-order valence-electron chi connectivity index (χ2n) is 5.06. The van der Waals surface area contributed by atoms with Crippen molar-refractivity contribution in [3.8, 4) is 0 Å². The van der Waals surface area contributed by atoms with Crippen LogP contribution < -0.4 is 10.2 Å². The van der Waals surface area contributed by atoms with E-state index in [0.717, 1.165) is 37.7 Å². The summed E-state index contributed by atoms with van der Waals surface area (Å²) in [5, 5.41) is 3.36. The van der Waals surface area contributed by atoms with Gasteiger partial charge in [0.1, 0.15) is 11.6 Å². The Balaban J connectivity index is 2.01. The molecule has 1 aliphatic rings. The Bertz CT molecular complexity index is 343. The molecule has 0 atom stereocenters. The molecule has 3 nitrogen and oxygen atoms in total. The lowest BCUT2D eigenvalue weighted by Crippen LogP contribution is -2.27. The van der Waals surface area contributed by atoms with Crippen LogP contribution in [0.5, 0.6) is 0 Å². The fourth-order valence-electron chi connectivity index (χ4n) is 2.43. The van der Waals surface area contributed by atoms with E-state index in [0.29, 0.717) is 0 Å². The number of hydrogen-bond donors (Lipinski definition) is 1. The average molecular weight is 247 g/mol. The summed E-state index contributed by atoms with van der Waals surface area (Å²) < 4.78 is 0. The van der Waals surface area contributed by atoms with Crippen LogP contribution in [0.1, 0.15) is 45.4 Å². The highest BCUT2D eigenvalue weighted by molar-refractivity contribution is 5.47. The van der Waals surface area contributed by atoms with Crippen molar-refractivity contribution in [2.24, 2.45) is 0 Å². The first-order chi connectivity index (χ1) is 8.90. The molecule has 0 unspecified atom stereocenters. The van der Waals surface area contributed by atoms with E-state index >= 15 is 0 Å². The van der Waals surface area contributed by atoms with Crippen molar-refractivity contribution in [2.75, 3.05) is 29.9 Å². The minimum absolute atomic E-state index is 0.996. The number of aromatic nitrogens is 1. The largest absolute Gasteiger partial charge is 0.370 e. The minimum atomic E-state index is 0.996. The second kappa shape index (κ2) is 7.24. The Morgan fingerprint density at radius 3 is 2.56 bits per heavy atom. The molecule has 0 bridgehead atoms. The normalized spacial score (nSPS) is 17.1. The highest BCUT2D eigenvalue weighted by Crippen LogP contribution is 2.18. The summed E-state index contributed by atoms with van der Waals surface area (Å²) in [6.45, 7) is 5.49. The maximum Gasteiger partial charge on any atom is 0.130 e. The molecule has 1 N–H and O–H groups in total. The van der Waals surface area contributed by atoms with E-state index < -0.39 is 0 Å². The maximum atomic E-state index is 4.72. The fourth-order valence-corrected chi connectivity index (χ4v) is 2.43. The number of rotatable bonds is 4. The van der Waals surface area contributed by atoms with Gasteiger partial charge in [-0.3, -0.25) is 0 Å². The molecule has 100 valence electrons. The Labute approximate surface area is 111 Å². The number of anilines is 2. The average Bonchev–Trinajstić information content (AvgIpc) is 2.36. The predicted octanol–water partition coefficient (Wildman–Crippen LogP) is 3.67. The Kier molecular flexibility index (Phi) is 5.31. The smallest absolute Gasteiger partial charge is 0.130 e. The van der Waals surface area contributed by atoms with E-state index in [4.69, 9.17) is 4.98 Å². The molecule has 1 saturated heterocycles. The van der Waals surface area contributed by atoms with Gasteiger partial charge in [0, 0.05) is 19.6 Å². The predicted molar refractivity (Wildman–Crippen MR) is 78.3 cm³/mol. The summed E-state index contributed by atoms with van der Waals surface area (Å²) in [6.07, 6.45) is 7.87. The molecule has 0 saturated carbocycles. The van der Waals surface area contributed by atoms with Crippen LogP contribution in [0.15, 0.2) is 18.2 Å². The highest BCUT2D eigenvalue weighted by atomic mass is 15.2. The molecule has 1 aromatic heterocycles. The summed E-state index contributed by atoms with van der Waals surface area (Å²) in [6, 6.07) is 6.31. The van der Waals surface area contributed by atoms with Crippen molar-refractivity contribution in [3.05, 3.63) is 18.2 Å². The van der Waals surface area contributed by atoms with Crippen molar-refractivity contribution in [3.63, 3.8) is 0 Å². The molecule has 1 aliphatic heterocycles. The monoisotopic (exact) mass is 247 g/mol. The van der Waals surface area contributed by atoms with Gasteiger partial charge in [0.15, 0.2) is 0 Å². The van der Waals surface area contributed by atoms with Gasteiger partial charge >= 0.3 is 0 Å². The van der Waals surface area contributed by atoms with Crippen LogP contribution in [0.3, 0.4) is 0 Å². The van der Waals surface area contributed by atoms with Gasteiger partial charge in [-0.05, 0) is 31.4 Å². The van der Waals surface area contributed by atoms with Crippen LogP contribution in [0.2, 0.25) is 0 Å². The molecule has 3 heteroatoms. The Morgan fingerprint density at radius 2 is 1.83 bits per heavy atom. The van der Waals surface area contributed by atoms with E-state index in [9.17, 15) is 0 Å². The van der Waals surface area contributed by atoms with E-state index in [-0.39, 0.29) is 0 Å². The molecule has 0 radical (unpaired) electrons. The van der Waals surface area contributed by atoms with Crippen molar-refractivity contribution in [1.82, 2.24) is 4.98 Å². The van der Waals surface area contributed by atoms with Crippen molar-refractivity contribution < 1.29 is 0 Å². The van der Waals surface area contributed by atoms with Gasteiger partial charge < -0.3 is 10.2 Å². The zero-order chi connectivity index (χ0) is 12.6. The van der Waals surface area contributed by atoms with Crippen LogP contribution in [0.4, 0.5) is 11.6 Å². The topological polar surface area (TPSA) is 28.2 Å². The number of hydrogen-bond acceptors (Lipinski definition) is 3. The van der Waals surface area contributed by atoms with Gasteiger partial charge in [0.2, 0.25) is 0 Å². The molecule has 1 aromatic rings. The number of nitrogens with one attached hydrogen (secondary N) is 1. The standard InChI is InChI=1S/C15H25N3/c1-2-11-16-14-9-8-10-15(17-14)18-12-6-4-3-5-7-13-18/h8-10H,2-7,11-13H2,1H3,(H,16,17). The van der Waals surface area contributed by atoms with Crippen LogP contribution in [-0.2, 0) is 0 Å². The molecule has 0 aromatic carbocycles. The van der Waals surface area contributed by atoms with Gasteiger partial charge in [-0.1, -0.05) is 32.3 Å². The maximum absolute atomic E-state index is 4.72. The van der Waals surface area contributed by atoms with Crippen LogP contribution >= 0.6 is 0 Å². The highest BCUT2D eigenvalue weighted by Gasteiger charge is 2.10. The van der Waals surface area contributed by atoms with E-state index in [2.05, 4.69) is 35.3 Å². The SMILES string of the molecule is CCCNc1cccc(N2CCCCCCC2)n1. The van der Waals surface area contributed by atoms with Crippen LogP contribution in [0.25, 0.3) is 0 Å². The first-order valence-corrected chi connectivity index (χ1v) is 7.36. The Hall–Kier alpha value is -1.25. The third-order valence-corrected chi connectivity index (χ3v) is 3.47. The van der Waals surface area contributed by atoms with Gasteiger partial charge in [-0.15, -0.1) is 0 Å². The Morgan fingerprint density at radius 1 is 1.11 bits per heavy atom. The second-order valence-corrected chi connectivity index (χ2v) is 5.06. The summed E-state index contributed by atoms with van der Waals surface area (Å²) in [5.74, 6) is 2.15. The zero-order valence-corrected chi connectivity index (χ0v) is 11.5. The van der Waals surface area contributed by atoms with Crippen molar-refractivity contribution >= 4 is 11.6 Å². The van der Waals surface area contributed by atoms with E-state index in [1.54, 1.807) is 0 Å². The molecule has 18 heavy (non-hydrogen) atoms. The third kappa shape index (κ3) is 3.90. The molecule has 0 amide bonds. The van der Waals surface area contributed by atoms with Gasteiger partial charge in [0.05, 0.1) is 0 Å². The van der Waals surface area contributed by atoms with E-state index in [1.165, 1.54) is 32.1 Å². The molecule has 0 aliphatic carbocycles. The lowest BCUT2D eigenvalue weighted by Gasteiger charge is -2.26. The molecule has 2 rings (SSSR count). The van der Waals surface area contributed by atoms with Crippen molar-refractivity contribution in [2.45, 2.75) is 45.4 Å². The lowest BCUT2D eigenvalue weighted by molar-refractivity contribution is 0.554. The molecule has 0 spiro atoms. The first kappa shape index (κ1) is 13.2. The van der Waals surface area contributed by atoms with Gasteiger partial charge in [-0.25, -0.2) is 4.98 Å². The number of nitrogens with zero attached hydrogens (tertiary/aromatic N) is 2. The van der Waals surface area contributed by atoms with Crippen molar-refractivity contribution in [1.29, 1.82) is 0 Å². The number of pyridine rings is 1. The molecular weight excluding hydrogens is 222 g/mol.